The Labute approximate surface area is 109 Å². The van der Waals surface area contributed by atoms with E-state index < -0.39 is 0 Å². The monoisotopic (exact) mass is 274 g/mol. The van der Waals surface area contributed by atoms with Crippen LogP contribution in [-0.4, -0.2) is 42.1 Å². The number of hydrogen-bond acceptors (Lipinski definition) is 3. The number of rotatable bonds is 2. The third-order valence-corrected chi connectivity index (χ3v) is 3.30. The van der Waals surface area contributed by atoms with E-state index >= 15 is 0 Å². The van der Waals surface area contributed by atoms with Crippen LogP contribution in [0.2, 0.25) is 10.2 Å². The van der Waals surface area contributed by atoms with Gasteiger partial charge >= 0.3 is 0 Å². The predicted molar refractivity (Wildman–Crippen MR) is 65.6 cm³/mol. The number of likely N-dealkylation sites (tertiary alicyclic amines) is 1. The van der Waals surface area contributed by atoms with E-state index in [9.17, 15) is 4.79 Å². The molecule has 1 amide bonds. The van der Waals surface area contributed by atoms with E-state index in [1.807, 2.05) is 0 Å². The van der Waals surface area contributed by atoms with Crippen molar-refractivity contribution in [2.24, 2.45) is 0 Å². The van der Waals surface area contributed by atoms with Crippen molar-refractivity contribution in [2.45, 2.75) is 12.5 Å². The average Bonchev–Trinajstić information content (AvgIpc) is 2.80. The molecule has 1 aliphatic heterocycles. The van der Waals surface area contributed by atoms with Gasteiger partial charge in [-0.3, -0.25) is 4.79 Å². The minimum absolute atomic E-state index is 0.0944. The summed E-state index contributed by atoms with van der Waals surface area (Å²) in [6.45, 7) is 1.22. The van der Waals surface area contributed by atoms with Gasteiger partial charge in [0.25, 0.3) is 5.91 Å². The summed E-state index contributed by atoms with van der Waals surface area (Å²) in [7, 11) is 1.64. The molecule has 0 spiro atoms. The number of carbonyl (C=O) groups excluding carboxylic acids is 1. The number of pyridine rings is 1. The number of ether oxygens (including phenoxy) is 1. The number of halogens is 2. The van der Waals surface area contributed by atoms with Crippen LogP contribution in [0.5, 0.6) is 0 Å². The molecule has 2 rings (SSSR count). The summed E-state index contributed by atoms with van der Waals surface area (Å²) >= 11 is 11.7. The first kappa shape index (κ1) is 12.6. The molecule has 92 valence electrons. The van der Waals surface area contributed by atoms with Crippen LogP contribution in [0.3, 0.4) is 0 Å². The van der Waals surface area contributed by atoms with Crippen molar-refractivity contribution < 1.29 is 9.53 Å². The SMILES string of the molecule is COC1CCN(C(=O)c2nc(Cl)ccc2Cl)C1. The van der Waals surface area contributed by atoms with Gasteiger partial charge < -0.3 is 9.64 Å². The lowest BCUT2D eigenvalue weighted by Gasteiger charge is -2.16. The lowest BCUT2D eigenvalue weighted by atomic mass is 10.3. The molecule has 0 aliphatic carbocycles. The Kier molecular flexibility index (Phi) is 3.86. The molecule has 1 aromatic heterocycles. The van der Waals surface area contributed by atoms with E-state index in [1.165, 1.54) is 0 Å². The Morgan fingerprint density at radius 2 is 2.29 bits per heavy atom. The number of methoxy groups -OCH3 is 1. The standard InChI is InChI=1S/C11H12Cl2N2O2/c1-17-7-4-5-15(6-7)11(16)10-8(12)2-3-9(13)14-10/h2-3,7H,4-6H2,1H3. The van der Waals surface area contributed by atoms with E-state index in [-0.39, 0.29) is 22.9 Å². The molecule has 0 N–H and O–H groups in total. The van der Waals surface area contributed by atoms with Crippen molar-refractivity contribution >= 4 is 29.1 Å². The van der Waals surface area contributed by atoms with Gasteiger partial charge in [-0.25, -0.2) is 4.98 Å². The van der Waals surface area contributed by atoms with Crippen LogP contribution in [0.25, 0.3) is 0 Å². The molecule has 1 saturated heterocycles. The third kappa shape index (κ3) is 2.70. The number of amides is 1. The summed E-state index contributed by atoms with van der Waals surface area (Å²) in [5, 5.41) is 0.584. The fourth-order valence-electron chi connectivity index (χ4n) is 1.82. The van der Waals surface area contributed by atoms with E-state index in [4.69, 9.17) is 27.9 Å². The molecule has 1 unspecified atom stereocenters. The van der Waals surface area contributed by atoms with Gasteiger partial charge in [0.1, 0.15) is 10.8 Å². The molecule has 1 aromatic rings. The van der Waals surface area contributed by atoms with Gasteiger partial charge in [-0.05, 0) is 18.6 Å². The molecule has 1 fully saturated rings. The molecule has 0 bridgehead atoms. The van der Waals surface area contributed by atoms with E-state index in [0.717, 1.165) is 6.42 Å². The Hall–Kier alpha value is -0.840. The third-order valence-electron chi connectivity index (χ3n) is 2.78. The summed E-state index contributed by atoms with van der Waals surface area (Å²) in [4.78, 5) is 17.8. The highest BCUT2D eigenvalue weighted by Gasteiger charge is 2.28. The highest BCUT2D eigenvalue weighted by molar-refractivity contribution is 6.34. The second-order valence-corrected chi connectivity index (χ2v) is 4.66. The van der Waals surface area contributed by atoms with E-state index in [0.29, 0.717) is 18.1 Å². The Morgan fingerprint density at radius 1 is 1.53 bits per heavy atom. The fraction of sp³-hybridized carbons (Fsp3) is 0.455. The lowest BCUT2D eigenvalue weighted by Crippen LogP contribution is -2.30. The summed E-state index contributed by atoms with van der Waals surface area (Å²) in [5.74, 6) is -0.197. The largest absolute Gasteiger partial charge is 0.380 e. The highest BCUT2D eigenvalue weighted by atomic mass is 35.5. The molecule has 4 nitrogen and oxygen atoms in total. The van der Waals surface area contributed by atoms with Crippen molar-refractivity contribution in [3.8, 4) is 0 Å². The second kappa shape index (κ2) is 5.21. The molecular weight excluding hydrogens is 263 g/mol. The van der Waals surface area contributed by atoms with E-state index in [2.05, 4.69) is 4.98 Å². The molecule has 0 saturated carbocycles. The zero-order valence-electron chi connectivity index (χ0n) is 9.32. The minimum atomic E-state index is -0.197. The van der Waals surface area contributed by atoms with Crippen LogP contribution in [0.4, 0.5) is 0 Å². The van der Waals surface area contributed by atoms with Crippen LogP contribution < -0.4 is 0 Å². The predicted octanol–water partition coefficient (Wildman–Crippen LogP) is 2.25. The van der Waals surface area contributed by atoms with Crippen molar-refractivity contribution in [3.05, 3.63) is 28.0 Å². The maximum Gasteiger partial charge on any atom is 0.274 e. The van der Waals surface area contributed by atoms with Crippen molar-refractivity contribution in [3.63, 3.8) is 0 Å². The Balaban J connectivity index is 2.17. The molecule has 0 aromatic carbocycles. The molecular formula is C11H12Cl2N2O2. The molecule has 6 heteroatoms. The van der Waals surface area contributed by atoms with Crippen LogP contribution in [0.1, 0.15) is 16.9 Å². The van der Waals surface area contributed by atoms with Gasteiger partial charge in [0.2, 0.25) is 0 Å². The van der Waals surface area contributed by atoms with Crippen molar-refractivity contribution in [1.29, 1.82) is 0 Å². The summed E-state index contributed by atoms with van der Waals surface area (Å²) in [6, 6.07) is 3.14. The lowest BCUT2D eigenvalue weighted by molar-refractivity contribution is 0.0719. The average molecular weight is 275 g/mol. The Bertz CT molecular complexity index is 439. The number of hydrogen-bond donors (Lipinski definition) is 0. The maximum absolute atomic E-state index is 12.1. The maximum atomic E-state index is 12.1. The quantitative estimate of drug-likeness (QED) is 0.777. The van der Waals surface area contributed by atoms with Crippen molar-refractivity contribution in [1.82, 2.24) is 9.88 Å². The van der Waals surface area contributed by atoms with Gasteiger partial charge in [0.05, 0.1) is 11.1 Å². The number of carbonyl (C=O) groups is 1. The highest BCUT2D eigenvalue weighted by Crippen LogP contribution is 2.21. The van der Waals surface area contributed by atoms with E-state index in [1.54, 1.807) is 24.1 Å². The molecule has 1 aliphatic rings. The van der Waals surface area contributed by atoms with Gasteiger partial charge in [0.15, 0.2) is 0 Å². The zero-order chi connectivity index (χ0) is 12.4. The first-order chi connectivity index (χ1) is 8.11. The number of nitrogens with zero attached hydrogens (tertiary/aromatic N) is 2. The van der Waals surface area contributed by atoms with Gasteiger partial charge in [-0.15, -0.1) is 0 Å². The molecule has 2 heterocycles. The first-order valence-corrected chi connectivity index (χ1v) is 6.01. The summed E-state index contributed by atoms with van der Waals surface area (Å²) < 4.78 is 5.21. The summed E-state index contributed by atoms with van der Waals surface area (Å²) in [5.41, 5.74) is 0.205. The topological polar surface area (TPSA) is 42.4 Å². The van der Waals surface area contributed by atoms with Crippen LogP contribution in [-0.2, 0) is 4.74 Å². The molecule has 1 atom stereocenters. The second-order valence-electron chi connectivity index (χ2n) is 3.86. The van der Waals surface area contributed by atoms with Crippen LogP contribution >= 0.6 is 23.2 Å². The summed E-state index contributed by atoms with van der Waals surface area (Å²) in [6.07, 6.45) is 0.928. The van der Waals surface area contributed by atoms with Gasteiger partial charge in [0, 0.05) is 20.2 Å². The molecule has 17 heavy (non-hydrogen) atoms. The fourth-order valence-corrected chi connectivity index (χ4v) is 2.16. The van der Waals surface area contributed by atoms with Crippen LogP contribution in [0, 0.1) is 0 Å². The molecule has 0 radical (unpaired) electrons. The van der Waals surface area contributed by atoms with Crippen molar-refractivity contribution in [2.75, 3.05) is 20.2 Å². The first-order valence-electron chi connectivity index (χ1n) is 5.26. The zero-order valence-corrected chi connectivity index (χ0v) is 10.8. The van der Waals surface area contributed by atoms with Gasteiger partial charge in [-0.1, -0.05) is 23.2 Å². The van der Waals surface area contributed by atoms with Gasteiger partial charge in [-0.2, -0.15) is 0 Å². The normalized spacial score (nSPS) is 19.7. The van der Waals surface area contributed by atoms with Crippen LogP contribution in [0.15, 0.2) is 12.1 Å². The Morgan fingerprint density at radius 3 is 2.94 bits per heavy atom. The number of aromatic nitrogens is 1. The smallest absolute Gasteiger partial charge is 0.274 e. The minimum Gasteiger partial charge on any atom is -0.380 e.